The molecule has 1 atom stereocenters. The summed E-state index contributed by atoms with van der Waals surface area (Å²) in [5.74, 6) is 0.00246. The van der Waals surface area contributed by atoms with Gasteiger partial charge in [0.25, 0.3) is 5.91 Å². The van der Waals surface area contributed by atoms with Crippen molar-refractivity contribution in [2.24, 2.45) is 0 Å². The van der Waals surface area contributed by atoms with Crippen molar-refractivity contribution in [3.05, 3.63) is 131 Å². The molecule has 0 bridgehead atoms. The van der Waals surface area contributed by atoms with Gasteiger partial charge >= 0.3 is 0 Å². The summed E-state index contributed by atoms with van der Waals surface area (Å²) in [4.78, 5) is 25.5. The molecule has 1 amide bonds. The van der Waals surface area contributed by atoms with E-state index in [1.807, 2.05) is 47.4 Å². The highest BCUT2D eigenvalue weighted by atomic mass is 16.2. The van der Waals surface area contributed by atoms with Crippen LogP contribution in [0.2, 0.25) is 0 Å². The Morgan fingerprint density at radius 1 is 0.914 bits per heavy atom. The van der Waals surface area contributed by atoms with Crippen molar-refractivity contribution in [1.82, 2.24) is 14.9 Å². The third-order valence-electron chi connectivity index (χ3n) is 6.85. The van der Waals surface area contributed by atoms with Gasteiger partial charge in [-0.05, 0) is 42.2 Å². The molecule has 4 heteroatoms. The Balaban J connectivity index is 1.51. The molecule has 0 aliphatic carbocycles. The normalized spacial score (nSPS) is 15.1. The summed E-state index contributed by atoms with van der Waals surface area (Å²) in [6.07, 6.45) is 4.31. The molecule has 4 nitrogen and oxygen atoms in total. The number of carbonyl (C=O) groups excluding carboxylic acids is 1. The maximum absolute atomic E-state index is 14.3. The highest BCUT2D eigenvalue weighted by Crippen LogP contribution is 2.37. The first-order chi connectivity index (χ1) is 17.2. The molecule has 2 aromatic heterocycles. The van der Waals surface area contributed by atoms with E-state index in [1.54, 1.807) is 12.4 Å². The number of aromatic nitrogens is 2. The molecule has 170 valence electrons. The van der Waals surface area contributed by atoms with E-state index in [0.29, 0.717) is 12.1 Å². The molecular weight excluding hydrogens is 430 g/mol. The predicted octanol–water partition coefficient (Wildman–Crippen LogP) is 6.39. The highest BCUT2D eigenvalue weighted by molar-refractivity contribution is 6.07. The van der Waals surface area contributed by atoms with E-state index < -0.39 is 0 Å². The molecule has 1 aliphatic rings. The molecule has 35 heavy (non-hydrogen) atoms. The van der Waals surface area contributed by atoms with Crippen LogP contribution in [0.5, 0.6) is 0 Å². The Labute approximate surface area is 204 Å². The summed E-state index contributed by atoms with van der Waals surface area (Å²) in [7, 11) is 0. The quantitative estimate of drug-likeness (QED) is 0.317. The first-order valence-corrected chi connectivity index (χ1v) is 11.9. The van der Waals surface area contributed by atoms with Gasteiger partial charge in [-0.15, -0.1) is 0 Å². The topological polar surface area (TPSA) is 46.1 Å². The maximum atomic E-state index is 14.3. The number of benzene rings is 3. The van der Waals surface area contributed by atoms with Crippen molar-refractivity contribution in [2.75, 3.05) is 6.54 Å². The third kappa shape index (κ3) is 3.87. The predicted molar refractivity (Wildman–Crippen MR) is 139 cm³/mol. The summed E-state index contributed by atoms with van der Waals surface area (Å²) in [6, 6.07) is 30.7. The molecule has 0 spiro atoms. The number of rotatable bonds is 3. The van der Waals surface area contributed by atoms with Crippen LogP contribution in [0.15, 0.2) is 103 Å². The number of carbonyl (C=O) groups is 1. The molecule has 0 fully saturated rings. The molecule has 0 radical (unpaired) electrons. The average Bonchev–Trinajstić information content (AvgIpc) is 2.92. The molecule has 5 aromatic rings. The van der Waals surface area contributed by atoms with Gasteiger partial charge in [0, 0.05) is 29.9 Å². The van der Waals surface area contributed by atoms with Crippen LogP contribution >= 0.6 is 0 Å². The smallest absolute Gasteiger partial charge is 0.255 e. The SMILES string of the molecule is Cc1ccc(C2c3ccccc3CCN2C(=O)c2cc(-c3ccccc3)nc3ccncc23)cc1. The number of hydrogen-bond acceptors (Lipinski definition) is 3. The van der Waals surface area contributed by atoms with Gasteiger partial charge in [-0.25, -0.2) is 4.98 Å². The Bertz CT molecular complexity index is 1530. The molecule has 0 saturated carbocycles. The van der Waals surface area contributed by atoms with E-state index in [2.05, 4.69) is 60.4 Å². The van der Waals surface area contributed by atoms with Gasteiger partial charge in [0.15, 0.2) is 0 Å². The molecule has 0 N–H and O–H groups in total. The first-order valence-electron chi connectivity index (χ1n) is 11.9. The zero-order valence-corrected chi connectivity index (χ0v) is 19.6. The van der Waals surface area contributed by atoms with E-state index in [1.165, 1.54) is 16.7 Å². The Morgan fingerprint density at radius 3 is 2.51 bits per heavy atom. The van der Waals surface area contributed by atoms with Gasteiger partial charge in [0.2, 0.25) is 0 Å². The lowest BCUT2D eigenvalue weighted by molar-refractivity contribution is 0.0696. The standard InChI is InChI=1S/C31H25N3O/c1-21-11-13-24(14-12-21)30-25-10-6-5-7-22(25)16-18-34(30)31(35)26-19-29(23-8-3-2-4-9-23)33-28-15-17-32-20-27(26)28/h2-15,17,19-20,30H,16,18H2,1H3. The Hall–Kier alpha value is -4.31. The first kappa shape index (κ1) is 21.2. The van der Waals surface area contributed by atoms with Gasteiger partial charge in [-0.3, -0.25) is 9.78 Å². The van der Waals surface area contributed by atoms with Crippen LogP contribution in [0.3, 0.4) is 0 Å². The number of hydrogen-bond donors (Lipinski definition) is 0. The highest BCUT2D eigenvalue weighted by Gasteiger charge is 2.33. The van der Waals surface area contributed by atoms with Crippen molar-refractivity contribution >= 4 is 16.8 Å². The van der Waals surface area contributed by atoms with Crippen LogP contribution < -0.4 is 0 Å². The number of pyridine rings is 2. The van der Waals surface area contributed by atoms with Gasteiger partial charge < -0.3 is 4.90 Å². The van der Waals surface area contributed by atoms with Crippen LogP contribution in [-0.2, 0) is 6.42 Å². The molecule has 6 rings (SSSR count). The summed E-state index contributed by atoms with van der Waals surface area (Å²) >= 11 is 0. The monoisotopic (exact) mass is 455 g/mol. The Kier molecular flexibility index (Phi) is 5.34. The van der Waals surface area contributed by atoms with Crippen molar-refractivity contribution in [1.29, 1.82) is 0 Å². The second kappa shape index (κ2) is 8.80. The molecule has 3 aromatic carbocycles. The molecule has 1 aliphatic heterocycles. The minimum absolute atomic E-state index is 0.00246. The van der Waals surface area contributed by atoms with Crippen LogP contribution in [0.1, 0.15) is 38.7 Å². The number of amides is 1. The van der Waals surface area contributed by atoms with Crippen LogP contribution in [0.4, 0.5) is 0 Å². The van der Waals surface area contributed by atoms with E-state index in [9.17, 15) is 4.79 Å². The summed E-state index contributed by atoms with van der Waals surface area (Å²) in [6.45, 7) is 2.74. The average molecular weight is 456 g/mol. The van der Waals surface area contributed by atoms with E-state index >= 15 is 0 Å². The minimum atomic E-state index is -0.145. The lowest BCUT2D eigenvalue weighted by Gasteiger charge is -2.38. The summed E-state index contributed by atoms with van der Waals surface area (Å²) in [5, 5.41) is 0.777. The largest absolute Gasteiger partial charge is 0.327 e. The van der Waals surface area contributed by atoms with Crippen molar-refractivity contribution < 1.29 is 4.79 Å². The van der Waals surface area contributed by atoms with E-state index in [-0.39, 0.29) is 11.9 Å². The van der Waals surface area contributed by atoms with Crippen LogP contribution in [-0.4, -0.2) is 27.3 Å². The van der Waals surface area contributed by atoms with Crippen LogP contribution in [0, 0.1) is 6.92 Å². The zero-order valence-electron chi connectivity index (χ0n) is 19.6. The van der Waals surface area contributed by atoms with Crippen molar-refractivity contribution in [2.45, 2.75) is 19.4 Å². The fourth-order valence-electron chi connectivity index (χ4n) is 5.05. The number of fused-ring (bicyclic) bond motifs is 2. The molecule has 3 heterocycles. The second-order valence-corrected chi connectivity index (χ2v) is 9.07. The van der Waals surface area contributed by atoms with Gasteiger partial charge in [0.1, 0.15) is 0 Å². The van der Waals surface area contributed by atoms with Crippen molar-refractivity contribution in [3.8, 4) is 11.3 Å². The fourth-order valence-corrected chi connectivity index (χ4v) is 5.05. The van der Waals surface area contributed by atoms with Gasteiger partial charge in [0.05, 0.1) is 22.8 Å². The summed E-state index contributed by atoms with van der Waals surface area (Å²) < 4.78 is 0. The number of nitrogens with zero attached hydrogens (tertiary/aromatic N) is 3. The van der Waals surface area contributed by atoms with Crippen LogP contribution in [0.25, 0.3) is 22.2 Å². The number of aryl methyl sites for hydroxylation is 1. The second-order valence-electron chi connectivity index (χ2n) is 9.07. The minimum Gasteiger partial charge on any atom is -0.327 e. The fraction of sp³-hybridized carbons (Fsp3) is 0.129. The molecular formula is C31H25N3O. The van der Waals surface area contributed by atoms with Gasteiger partial charge in [-0.2, -0.15) is 0 Å². The lowest BCUT2D eigenvalue weighted by atomic mass is 9.87. The van der Waals surface area contributed by atoms with Gasteiger partial charge in [-0.1, -0.05) is 84.4 Å². The van der Waals surface area contributed by atoms with E-state index in [4.69, 9.17) is 4.98 Å². The zero-order chi connectivity index (χ0) is 23.8. The Morgan fingerprint density at radius 2 is 1.69 bits per heavy atom. The molecule has 0 saturated heterocycles. The lowest BCUT2D eigenvalue weighted by Crippen LogP contribution is -2.40. The molecule has 1 unspecified atom stereocenters. The van der Waals surface area contributed by atoms with E-state index in [0.717, 1.165) is 34.1 Å². The maximum Gasteiger partial charge on any atom is 0.255 e. The summed E-state index contributed by atoms with van der Waals surface area (Å²) in [5.41, 5.74) is 8.00. The third-order valence-corrected chi connectivity index (χ3v) is 6.85. The van der Waals surface area contributed by atoms with Crippen molar-refractivity contribution in [3.63, 3.8) is 0 Å².